The van der Waals surface area contributed by atoms with Crippen LogP contribution in [0.2, 0.25) is 0 Å². The van der Waals surface area contributed by atoms with Gasteiger partial charge in [-0.25, -0.2) is 0 Å². The summed E-state index contributed by atoms with van der Waals surface area (Å²) in [5.74, 6) is 1.28. The van der Waals surface area contributed by atoms with Crippen molar-refractivity contribution in [3.63, 3.8) is 0 Å². The van der Waals surface area contributed by atoms with Gasteiger partial charge in [0.15, 0.2) is 0 Å². The average molecular weight is 337 g/mol. The van der Waals surface area contributed by atoms with Crippen LogP contribution in [0.15, 0.2) is 36.5 Å². The largest absolute Gasteiger partial charge is 0.299 e. The maximum Gasteiger partial charge on any atom is 0.141 e. The number of hydrogen-bond donors (Lipinski definition) is 0. The lowest BCUT2D eigenvalue weighted by Crippen LogP contribution is -2.38. The molecule has 2 aromatic rings. The van der Waals surface area contributed by atoms with Crippen molar-refractivity contribution >= 4 is 5.78 Å². The summed E-state index contributed by atoms with van der Waals surface area (Å²) in [4.78, 5) is 15.2. The minimum atomic E-state index is 0.176. The molecule has 25 heavy (non-hydrogen) atoms. The summed E-state index contributed by atoms with van der Waals surface area (Å²) in [7, 11) is 2.06. The standard InChI is InChI=1S/C21H27N3O/c1-23-21(17-9-10-17)19(13-22-23)15-24-11-5-8-18(14-24)20(25)12-16-6-3-2-4-7-16/h2-4,6-7,13,17-18H,5,8-12,14-15H2,1H3/t18-/m1/s1. The van der Waals surface area contributed by atoms with Crippen LogP contribution in [0, 0.1) is 5.92 Å². The molecular formula is C21H27N3O. The average Bonchev–Trinajstić information content (AvgIpc) is 3.40. The number of carbonyl (C=O) groups excluding carboxylic acids is 1. The Balaban J connectivity index is 1.38. The predicted octanol–water partition coefficient (Wildman–Crippen LogP) is 3.32. The first-order valence-corrected chi connectivity index (χ1v) is 9.50. The van der Waals surface area contributed by atoms with Crippen LogP contribution in [-0.2, 0) is 24.8 Å². The van der Waals surface area contributed by atoms with Gasteiger partial charge in [0.05, 0.1) is 6.20 Å². The molecule has 1 aromatic carbocycles. The zero-order valence-corrected chi connectivity index (χ0v) is 15.0. The van der Waals surface area contributed by atoms with Crippen molar-refractivity contribution in [2.45, 2.75) is 44.6 Å². The zero-order chi connectivity index (χ0) is 17.2. The highest BCUT2D eigenvalue weighted by Gasteiger charge is 2.31. The molecule has 1 saturated heterocycles. The summed E-state index contributed by atoms with van der Waals surface area (Å²) in [6.07, 6.45) is 7.34. The molecule has 4 heteroatoms. The second-order valence-corrected chi connectivity index (χ2v) is 7.66. The van der Waals surface area contributed by atoms with Crippen LogP contribution in [-0.4, -0.2) is 33.6 Å². The highest BCUT2D eigenvalue weighted by atomic mass is 16.1. The van der Waals surface area contributed by atoms with Crippen LogP contribution in [0.25, 0.3) is 0 Å². The fraction of sp³-hybridized carbons (Fsp3) is 0.524. The number of Topliss-reactive ketones (excluding diaryl/α,β-unsaturated/α-hetero) is 1. The van der Waals surface area contributed by atoms with Crippen molar-refractivity contribution in [3.05, 3.63) is 53.3 Å². The Kier molecular flexibility index (Phi) is 4.71. The van der Waals surface area contributed by atoms with Gasteiger partial charge in [-0.1, -0.05) is 30.3 Å². The molecule has 1 aliphatic carbocycles. The van der Waals surface area contributed by atoms with Gasteiger partial charge in [-0.05, 0) is 37.8 Å². The maximum atomic E-state index is 12.7. The third kappa shape index (κ3) is 3.84. The number of rotatable bonds is 6. The number of likely N-dealkylation sites (tertiary alicyclic amines) is 1. The summed E-state index contributed by atoms with van der Waals surface area (Å²) in [5.41, 5.74) is 3.91. The molecule has 132 valence electrons. The molecule has 2 heterocycles. The molecule has 0 unspecified atom stereocenters. The van der Waals surface area contributed by atoms with E-state index in [1.165, 1.54) is 24.1 Å². The van der Waals surface area contributed by atoms with E-state index in [1.54, 1.807) is 0 Å². The molecule has 0 spiro atoms. The van der Waals surface area contributed by atoms with E-state index in [9.17, 15) is 4.79 Å². The number of piperidine rings is 1. The van der Waals surface area contributed by atoms with E-state index < -0.39 is 0 Å². The van der Waals surface area contributed by atoms with Crippen molar-refractivity contribution in [1.82, 2.24) is 14.7 Å². The normalized spacial score (nSPS) is 21.4. The minimum absolute atomic E-state index is 0.176. The summed E-state index contributed by atoms with van der Waals surface area (Å²) >= 11 is 0. The van der Waals surface area contributed by atoms with Crippen molar-refractivity contribution < 1.29 is 4.79 Å². The second-order valence-electron chi connectivity index (χ2n) is 7.66. The Hall–Kier alpha value is -1.94. The SMILES string of the molecule is Cn1ncc(CN2CCC[C@@H](C(=O)Cc3ccccc3)C2)c1C1CC1. The van der Waals surface area contributed by atoms with Crippen LogP contribution in [0.4, 0.5) is 0 Å². The minimum Gasteiger partial charge on any atom is -0.299 e. The van der Waals surface area contributed by atoms with E-state index >= 15 is 0 Å². The first-order valence-electron chi connectivity index (χ1n) is 9.50. The van der Waals surface area contributed by atoms with Gasteiger partial charge in [-0.2, -0.15) is 5.10 Å². The molecule has 0 bridgehead atoms. The van der Waals surface area contributed by atoms with Gasteiger partial charge >= 0.3 is 0 Å². The summed E-state index contributed by atoms with van der Waals surface area (Å²) < 4.78 is 2.05. The Labute approximate surface area is 149 Å². The second kappa shape index (κ2) is 7.12. The molecule has 1 aliphatic heterocycles. The third-order valence-corrected chi connectivity index (χ3v) is 5.60. The van der Waals surface area contributed by atoms with Gasteiger partial charge in [0, 0.05) is 49.7 Å². The molecule has 0 amide bonds. The molecular weight excluding hydrogens is 310 g/mol. The monoisotopic (exact) mass is 337 g/mol. The lowest BCUT2D eigenvalue weighted by Gasteiger charge is -2.32. The number of ketones is 1. The molecule has 2 fully saturated rings. The molecule has 0 N–H and O–H groups in total. The number of aryl methyl sites for hydroxylation is 1. The molecule has 1 atom stereocenters. The van der Waals surface area contributed by atoms with Crippen molar-refractivity contribution in [1.29, 1.82) is 0 Å². The van der Waals surface area contributed by atoms with Crippen molar-refractivity contribution in [3.8, 4) is 0 Å². The van der Waals surface area contributed by atoms with Crippen LogP contribution in [0.5, 0.6) is 0 Å². The van der Waals surface area contributed by atoms with Gasteiger partial charge in [-0.15, -0.1) is 0 Å². The third-order valence-electron chi connectivity index (χ3n) is 5.60. The van der Waals surface area contributed by atoms with E-state index in [1.807, 2.05) is 24.4 Å². The molecule has 4 nitrogen and oxygen atoms in total. The van der Waals surface area contributed by atoms with E-state index in [0.717, 1.165) is 38.0 Å². The van der Waals surface area contributed by atoms with Crippen LogP contribution >= 0.6 is 0 Å². The highest BCUT2D eigenvalue weighted by molar-refractivity contribution is 5.83. The van der Waals surface area contributed by atoms with Crippen LogP contribution in [0.1, 0.15) is 48.4 Å². The van der Waals surface area contributed by atoms with Gasteiger partial charge in [0.25, 0.3) is 0 Å². The fourth-order valence-electron chi connectivity index (χ4n) is 4.14. The van der Waals surface area contributed by atoms with Gasteiger partial charge in [0.1, 0.15) is 5.78 Å². The van der Waals surface area contributed by atoms with E-state index in [2.05, 4.69) is 33.9 Å². The van der Waals surface area contributed by atoms with Crippen LogP contribution in [0.3, 0.4) is 0 Å². The highest BCUT2D eigenvalue weighted by Crippen LogP contribution is 2.41. The summed E-state index contributed by atoms with van der Waals surface area (Å²) in [6, 6.07) is 10.1. The van der Waals surface area contributed by atoms with Gasteiger partial charge in [-0.3, -0.25) is 14.4 Å². The first-order chi connectivity index (χ1) is 12.2. The molecule has 2 aliphatic rings. The number of benzene rings is 1. The number of hydrogen-bond acceptors (Lipinski definition) is 3. The van der Waals surface area contributed by atoms with E-state index in [0.29, 0.717) is 18.1 Å². The van der Waals surface area contributed by atoms with Gasteiger partial charge < -0.3 is 0 Å². The first kappa shape index (κ1) is 16.5. The topological polar surface area (TPSA) is 38.1 Å². The molecule has 4 rings (SSSR count). The fourth-order valence-corrected chi connectivity index (χ4v) is 4.14. The smallest absolute Gasteiger partial charge is 0.141 e. The molecule has 1 saturated carbocycles. The Morgan fingerprint density at radius 3 is 2.76 bits per heavy atom. The van der Waals surface area contributed by atoms with Gasteiger partial charge in [0.2, 0.25) is 0 Å². The van der Waals surface area contributed by atoms with E-state index in [-0.39, 0.29) is 5.92 Å². The van der Waals surface area contributed by atoms with Crippen LogP contribution < -0.4 is 0 Å². The predicted molar refractivity (Wildman–Crippen MR) is 98.3 cm³/mol. The summed E-state index contributed by atoms with van der Waals surface area (Å²) in [5, 5.41) is 4.48. The van der Waals surface area contributed by atoms with Crippen molar-refractivity contribution in [2.75, 3.05) is 13.1 Å². The lowest BCUT2D eigenvalue weighted by atomic mass is 9.90. The Bertz CT molecular complexity index is 733. The number of nitrogens with zero attached hydrogens (tertiary/aromatic N) is 3. The number of aromatic nitrogens is 2. The quantitative estimate of drug-likeness (QED) is 0.811. The summed E-state index contributed by atoms with van der Waals surface area (Å²) in [6.45, 7) is 2.92. The zero-order valence-electron chi connectivity index (χ0n) is 15.0. The van der Waals surface area contributed by atoms with Crippen molar-refractivity contribution in [2.24, 2.45) is 13.0 Å². The Morgan fingerprint density at radius 1 is 1.20 bits per heavy atom. The Morgan fingerprint density at radius 2 is 2.00 bits per heavy atom. The molecule has 1 aromatic heterocycles. The van der Waals surface area contributed by atoms with E-state index in [4.69, 9.17) is 0 Å². The molecule has 0 radical (unpaired) electrons. The number of carbonyl (C=O) groups is 1. The lowest BCUT2D eigenvalue weighted by molar-refractivity contribution is -0.123. The maximum absolute atomic E-state index is 12.7.